The summed E-state index contributed by atoms with van der Waals surface area (Å²) in [6, 6.07) is 0.397. The van der Waals surface area contributed by atoms with Crippen LogP contribution in [0.15, 0.2) is 11.0 Å². The summed E-state index contributed by atoms with van der Waals surface area (Å²) >= 11 is 0. The molecule has 3 rings (SSSR count). The summed E-state index contributed by atoms with van der Waals surface area (Å²) in [5, 5.41) is 9.90. The molecule has 2 fully saturated rings. The van der Waals surface area contributed by atoms with E-state index in [1.165, 1.54) is 0 Å². The van der Waals surface area contributed by atoms with E-state index in [0.29, 0.717) is 17.5 Å². The number of aromatic hydroxyl groups is 1. The fraction of sp³-hybridized carbons (Fsp3) is 0.583. The zero-order valence-corrected chi connectivity index (χ0v) is 8.86. The van der Waals surface area contributed by atoms with Crippen molar-refractivity contribution >= 4 is 0 Å². The molecule has 0 atom stereocenters. The van der Waals surface area contributed by atoms with Crippen LogP contribution in [0.3, 0.4) is 0 Å². The molecule has 2 aliphatic rings. The largest absolute Gasteiger partial charge is 0.507 e. The molecule has 0 aromatic carbocycles. The molecule has 1 N–H and O–H groups in total. The van der Waals surface area contributed by atoms with Crippen molar-refractivity contribution in [1.82, 2.24) is 4.57 Å². The Balaban J connectivity index is 2.21. The molecule has 0 unspecified atom stereocenters. The molecule has 3 nitrogen and oxygen atoms in total. The summed E-state index contributed by atoms with van der Waals surface area (Å²) in [6.45, 7) is 1.87. The van der Waals surface area contributed by atoms with Crippen LogP contribution in [-0.2, 0) is 0 Å². The van der Waals surface area contributed by atoms with E-state index < -0.39 is 0 Å². The molecule has 0 bridgehead atoms. The highest BCUT2D eigenvalue weighted by Gasteiger charge is 2.33. The zero-order valence-electron chi connectivity index (χ0n) is 8.86. The minimum atomic E-state index is 0.0445. The number of pyridine rings is 1. The van der Waals surface area contributed by atoms with Crippen LogP contribution in [-0.4, -0.2) is 9.67 Å². The van der Waals surface area contributed by atoms with Crippen molar-refractivity contribution in [2.75, 3.05) is 0 Å². The summed E-state index contributed by atoms with van der Waals surface area (Å²) in [7, 11) is 0. The van der Waals surface area contributed by atoms with E-state index in [1.54, 1.807) is 6.20 Å². The summed E-state index contributed by atoms with van der Waals surface area (Å²) in [5.41, 5.74) is 1.55. The molecule has 1 aromatic rings. The normalized spacial score (nSPS) is 20.6. The molecule has 2 aliphatic carbocycles. The van der Waals surface area contributed by atoms with Gasteiger partial charge in [-0.15, -0.1) is 0 Å². The van der Waals surface area contributed by atoms with Gasteiger partial charge in [-0.1, -0.05) is 0 Å². The predicted molar refractivity (Wildman–Crippen MR) is 57.3 cm³/mol. The SMILES string of the molecule is Cc1cn(C2CC2)c(=O)c(C2CC2)c1O. The van der Waals surface area contributed by atoms with Gasteiger partial charge in [0.25, 0.3) is 5.56 Å². The van der Waals surface area contributed by atoms with Crippen LogP contribution in [0.4, 0.5) is 0 Å². The molecular formula is C12H15NO2. The first-order valence-corrected chi connectivity index (χ1v) is 5.63. The van der Waals surface area contributed by atoms with Crippen LogP contribution in [0.1, 0.15) is 48.8 Å². The second-order valence-electron chi connectivity index (χ2n) is 4.79. The molecule has 80 valence electrons. The molecule has 0 amide bonds. The lowest BCUT2D eigenvalue weighted by molar-refractivity contribution is 0.457. The highest BCUT2D eigenvalue weighted by atomic mass is 16.3. The lowest BCUT2D eigenvalue weighted by Gasteiger charge is -2.11. The van der Waals surface area contributed by atoms with Crippen molar-refractivity contribution in [1.29, 1.82) is 0 Å². The second-order valence-corrected chi connectivity index (χ2v) is 4.79. The molecule has 0 saturated heterocycles. The van der Waals surface area contributed by atoms with Crippen molar-refractivity contribution < 1.29 is 5.11 Å². The van der Waals surface area contributed by atoms with E-state index in [9.17, 15) is 9.90 Å². The number of nitrogens with zero attached hydrogens (tertiary/aromatic N) is 1. The van der Waals surface area contributed by atoms with E-state index >= 15 is 0 Å². The molecule has 0 aliphatic heterocycles. The minimum Gasteiger partial charge on any atom is -0.507 e. The Morgan fingerprint density at radius 1 is 1.33 bits per heavy atom. The maximum Gasteiger partial charge on any atom is 0.258 e. The van der Waals surface area contributed by atoms with Crippen LogP contribution in [0, 0.1) is 6.92 Å². The van der Waals surface area contributed by atoms with E-state index in [-0.39, 0.29) is 11.3 Å². The third-order valence-electron chi connectivity index (χ3n) is 3.35. The molecule has 15 heavy (non-hydrogen) atoms. The van der Waals surface area contributed by atoms with Gasteiger partial charge in [0.1, 0.15) is 5.75 Å². The van der Waals surface area contributed by atoms with E-state index in [2.05, 4.69) is 0 Å². The van der Waals surface area contributed by atoms with Crippen LogP contribution in [0.25, 0.3) is 0 Å². The molecule has 0 spiro atoms. The van der Waals surface area contributed by atoms with Crippen LogP contribution < -0.4 is 5.56 Å². The van der Waals surface area contributed by atoms with Crippen molar-refractivity contribution in [2.45, 2.75) is 44.6 Å². The van der Waals surface area contributed by atoms with Crippen LogP contribution in [0.2, 0.25) is 0 Å². The van der Waals surface area contributed by atoms with Crippen molar-refractivity contribution in [3.05, 3.63) is 27.7 Å². The first kappa shape index (κ1) is 9.01. The number of hydrogen-bond acceptors (Lipinski definition) is 2. The Hall–Kier alpha value is -1.25. The summed E-state index contributed by atoms with van der Waals surface area (Å²) < 4.78 is 1.82. The van der Waals surface area contributed by atoms with Crippen molar-refractivity contribution in [3.63, 3.8) is 0 Å². The van der Waals surface area contributed by atoms with Gasteiger partial charge in [-0.05, 0) is 38.5 Å². The lowest BCUT2D eigenvalue weighted by Crippen LogP contribution is -2.22. The van der Waals surface area contributed by atoms with E-state index in [4.69, 9.17) is 0 Å². The fourth-order valence-corrected chi connectivity index (χ4v) is 2.15. The molecular weight excluding hydrogens is 190 g/mol. The van der Waals surface area contributed by atoms with E-state index in [1.807, 2.05) is 11.5 Å². The second kappa shape index (κ2) is 2.87. The predicted octanol–water partition coefficient (Wildman–Crippen LogP) is 2.07. The Morgan fingerprint density at radius 2 is 2.00 bits per heavy atom. The minimum absolute atomic E-state index is 0.0445. The van der Waals surface area contributed by atoms with Gasteiger partial charge in [-0.2, -0.15) is 0 Å². The number of hydrogen-bond donors (Lipinski definition) is 1. The van der Waals surface area contributed by atoms with Crippen molar-refractivity contribution in [2.24, 2.45) is 0 Å². The van der Waals surface area contributed by atoms with Crippen LogP contribution in [0.5, 0.6) is 5.75 Å². The Bertz CT molecular complexity index is 467. The maximum absolute atomic E-state index is 12.1. The molecule has 3 heteroatoms. The third-order valence-corrected chi connectivity index (χ3v) is 3.35. The molecule has 1 heterocycles. The number of aryl methyl sites for hydroxylation is 1. The van der Waals surface area contributed by atoms with Gasteiger partial charge in [0.2, 0.25) is 0 Å². The quantitative estimate of drug-likeness (QED) is 0.803. The monoisotopic (exact) mass is 205 g/mol. The first-order chi connectivity index (χ1) is 7.18. The maximum atomic E-state index is 12.1. The Kier molecular flexibility index (Phi) is 1.73. The van der Waals surface area contributed by atoms with Gasteiger partial charge >= 0.3 is 0 Å². The van der Waals surface area contributed by atoms with Crippen molar-refractivity contribution in [3.8, 4) is 5.75 Å². The van der Waals surface area contributed by atoms with Gasteiger partial charge in [0.05, 0.1) is 5.56 Å². The summed E-state index contributed by atoms with van der Waals surface area (Å²) in [4.78, 5) is 12.1. The van der Waals surface area contributed by atoms with Gasteiger partial charge in [-0.25, -0.2) is 0 Å². The highest BCUT2D eigenvalue weighted by Crippen LogP contribution is 2.44. The third kappa shape index (κ3) is 1.37. The topological polar surface area (TPSA) is 42.2 Å². The molecule has 2 saturated carbocycles. The zero-order chi connectivity index (χ0) is 10.6. The highest BCUT2D eigenvalue weighted by molar-refractivity contribution is 5.41. The first-order valence-electron chi connectivity index (χ1n) is 5.63. The average molecular weight is 205 g/mol. The fourth-order valence-electron chi connectivity index (χ4n) is 2.15. The van der Waals surface area contributed by atoms with Gasteiger partial charge in [-0.3, -0.25) is 4.79 Å². The average Bonchev–Trinajstić information content (AvgIpc) is 2.99. The Morgan fingerprint density at radius 3 is 2.53 bits per heavy atom. The smallest absolute Gasteiger partial charge is 0.258 e. The van der Waals surface area contributed by atoms with E-state index in [0.717, 1.165) is 31.2 Å². The van der Waals surface area contributed by atoms with Gasteiger partial charge in [0, 0.05) is 17.8 Å². The van der Waals surface area contributed by atoms with Crippen LogP contribution >= 0.6 is 0 Å². The Labute approximate surface area is 88.4 Å². The standard InChI is InChI=1S/C12H15NO2/c1-7-6-13(9-4-5-9)12(15)10(11(7)14)8-2-3-8/h6,8-9,14H,2-5H2,1H3. The summed E-state index contributed by atoms with van der Waals surface area (Å²) in [6.07, 6.45) is 6.12. The number of rotatable bonds is 2. The molecule has 0 radical (unpaired) electrons. The number of aromatic nitrogens is 1. The van der Waals surface area contributed by atoms with Gasteiger partial charge in [0.15, 0.2) is 0 Å². The lowest BCUT2D eigenvalue weighted by atomic mass is 10.1. The molecule has 1 aromatic heterocycles. The van der Waals surface area contributed by atoms with Gasteiger partial charge < -0.3 is 9.67 Å². The summed E-state index contributed by atoms with van der Waals surface area (Å²) in [5.74, 6) is 0.557.